The van der Waals surface area contributed by atoms with E-state index in [0.717, 1.165) is 0 Å². The molecule has 0 rings (SSSR count). The van der Waals surface area contributed by atoms with E-state index in [1.54, 1.807) is 0 Å². The van der Waals surface area contributed by atoms with Crippen molar-refractivity contribution in [3.63, 3.8) is 0 Å². The second-order valence-electron chi connectivity index (χ2n) is 7.22. The molecule has 0 spiro atoms. The second kappa shape index (κ2) is 5.36. The quantitative estimate of drug-likeness (QED) is 0.625. The van der Waals surface area contributed by atoms with E-state index >= 15 is 0 Å². The van der Waals surface area contributed by atoms with Crippen LogP contribution in [0.1, 0.15) is 69.2 Å². The average molecular weight is 245 g/mol. The number of hydrogen-bond acceptors (Lipinski definition) is 1. The lowest BCUT2D eigenvalue weighted by Gasteiger charge is -2.51. The molecule has 0 heterocycles. The summed E-state index contributed by atoms with van der Waals surface area (Å²) in [6, 6.07) is 1.26. The van der Waals surface area contributed by atoms with Gasteiger partial charge in [0.2, 0.25) is 0 Å². The summed E-state index contributed by atoms with van der Waals surface area (Å²) in [5.41, 5.74) is 0. The predicted molar refractivity (Wildman–Crippen MR) is 78.5 cm³/mol. The molecule has 98 valence electrons. The maximum Gasteiger partial charge on any atom is 0.00806 e. The summed E-state index contributed by atoms with van der Waals surface area (Å²) >= 11 is 0. The molecule has 0 N–H and O–H groups in total. The van der Waals surface area contributed by atoms with E-state index in [1.807, 2.05) is 0 Å². The Kier molecular flexibility index (Phi) is 5.49. The van der Waals surface area contributed by atoms with Crippen molar-refractivity contribution in [2.24, 2.45) is 0 Å². The molecule has 0 amide bonds. The van der Waals surface area contributed by atoms with Gasteiger partial charge >= 0.3 is 0 Å². The van der Waals surface area contributed by atoms with E-state index in [9.17, 15) is 0 Å². The number of hydrogen-bond donors (Lipinski definition) is 0. The third kappa shape index (κ3) is 4.34. The summed E-state index contributed by atoms with van der Waals surface area (Å²) in [6.07, 6.45) is 0. The first-order valence-corrected chi connectivity index (χ1v) is 7.77. The van der Waals surface area contributed by atoms with Crippen LogP contribution in [0.2, 0.25) is 0 Å². The van der Waals surface area contributed by atoms with Crippen LogP contribution < -0.4 is 0 Å². The molecule has 0 aromatic carbocycles. The van der Waals surface area contributed by atoms with Crippen molar-refractivity contribution in [1.29, 1.82) is 0 Å². The van der Waals surface area contributed by atoms with Crippen LogP contribution in [0, 0.1) is 0 Å². The number of nitrogens with zero attached hydrogens (tertiary/aromatic N) is 1. The summed E-state index contributed by atoms with van der Waals surface area (Å²) in [6.45, 7) is 23.6. The Morgan fingerprint density at radius 1 is 0.688 bits per heavy atom. The summed E-state index contributed by atoms with van der Waals surface area (Å²) in [5.74, 6) is 0. The molecular formula is C14H32NP. The first-order chi connectivity index (χ1) is 6.89. The standard InChI is InChI=1S/C14H32NP/c1-11(2)15(12(3)4)16(13(5,6)7)14(8,9)10/h11-12H,1-10H3. The van der Waals surface area contributed by atoms with Crippen molar-refractivity contribution in [1.82, 2.24) is 4.67 Å². The minimum atomic E-state index is -0.152. The van der Waals surface area contributed by atoms with Gasteiger partial charge in [0, 0.05) is 12.1 Å². The molecule has 0 aliphatic carbocycles. The van der Waals surface area contributed by atoms with Gasteiger partial charge in [-0.1, -0.05) is 41.5 Å². The van der Waals surface area contributed by atoms with Crippen molar-refractivity contribution in [2.75, 3.05) is 0 Å². The van der Waals surface area contributed by atoms with Crippen LogP contribution >= 0.6 is 8.07 Å². The lowest BCUT2D eigenvalue weighted by molar-refractivity contribution is 0.308. The van der Waals surface area contributed by atoms with Gasteiger partial charge in [-0.15, -0.1) is 0 Å². The minimum absolute atomic E-state index is 0.152. The number of rotatable bonds is 3. The Balaban J connectivity index is 5.32. The highest BCUT2D eigenvalue weighted by atomic mass is 31.1. The van der Waals surface area contributed by atoms with E-state index in [2.05, 4.69) is 73.9 Å². The minimum Gasteiger partial charge on any atom is -0.276 e. The summed E-state index contributed by atoms with van der Waals surface area (Å²) in [7, 11) is -0.152. The third-order valence-electron chi connectivity index (χ3n) is 2.56. The second-order valence-corrected chi connectivity index (χ2v) is 11.0. The Morgan fingerprint density at radius 3 is 1.00 bits per heavy atom. The summed E-state index contributed by atoms with van der Waals surface area (Å²) < 4.78 is 2.73. The lowest BCUT2D eigenvalue weighted by atomic mass is 10.2. The molecule has 1 nitrogen and oxygen atoms in total. The van der Waals surface area contributed by atoms with E-state index in [0.29, 0.717) is 22.4 Å². The highest BCUT2D eigenvalue weighted by Crippen LogP contribution is 2.62. The average Bonchev–Trinajstić information content (AvgIpc) is 1.93. The SMILES string of the molecule is CC(C)N(C(C)C)P(C(C)(C)C)C(C)(C)C. The monoisotopic (exact) mass is 245 g/mol. The normalized spacial score (nSPS) is 14.6. The highest BCUT2D eigenvalue weighted by Gasteiger charge is 2.40. The third-order valence-corrected chi connectivity index (χ3v) is 6.49. The molecule has 0 aliphatic rings. The molecule has 0 radical (unpaired) electrons. The van der Waals surface area contributed by atoms with Crippen LogP contribution in [0.25, 0.3) is 0 Å². The first kappa shape index (κ1) is 16.4. The van der Waals surface area contributed by atoms with E-state index in [4.69, 9.17) is 0 Å². The van der Waals surface area contributed by atoms with Gasteiger partial charge in [-0.25, -0.2) is 0 Å². The molecule has 0 bridgehead atoms. The Hall–Kier alpha value is 0.390. The molecule has 0 saturated carbocycles. The van der Waals surface area contributed by atoms with Gasteiger partial charge in [0.05, 0.1) is 0 Å². The molecule has 0 aromatic heterocycles. The fraction of sp³-hybridized carbons (Fsp3) is 1.00. The van der Waals surface area contributed by atoms with E-state index in [1.165, 1.54) is 0 Å². The highest BCUT2D eigenvalue weighted by molar-refractivity contribution is 7.58. The van der Waals surface area contributed by atoms with Crippen LogP contribution in [-0.2, 0) is 0 Å². The topological polar surface area (TPSA) is 3.24 Å². The summed E-state index contributed by atoms with van der Waals surface area (Å²) in [5, 5.41) is 0.754. The van der Waals surface area contributed by atoms with Crippen LogP contribution in [0.4, 0.5) is 0 Å². The van der Waals surface area contributed by atoms with Gasteiger partial charge in [-0.3, -0.25) is 4.67 Å². The van der Waals surface area contributed by atoms with Crippen LogP contribution in [0.5, 0.6) is 0 Å². The first-order valence-electron chi connectivity index (χ1n) is 6.47. The van der Waals surface area contributed by atoms with Gasteiger partial charge in [0.15, 0.2) is 0 Å². The fourth-order valence-corrected chi connectivity index (χ4v) is 7.08. The Morgan fingerprint density at radius 2 is 0.938 bits per heavy atom. The van der Waals surface area contributed by atoms with Gasteiger partial charge in [0.1, 0.15) is 0 Å². The van der Waals surface area contributed by atoms with Crippen molar-refractivity contribution >= 4 is 8.07 Å². The van der Waals surface area contributed by atoms with E-state index < -0.39 is 0 Å². The van der Waals surface area contributed by atoms with Crippen LogP contribution in [0.15, 0.2) is 0 Å². The molecule has 2 heteroatoms. The lowest BCUT2D eigenvalue weighted by Crippen LogP contribution is -2.42. The molecule has 0 atom stereocenters. The van der Waals surface area contributed by atoms with Crippen molar-refractivity contribution < 1.29 is 0 Å². The van der Waals surface area contributed by atoms with Gasteiger partial charge < -0.3 is 0 Å². The summed E-state index contributed by atoms with van der Waals surface area (Å²) in [4.78, 5) is 0. The predicted octanol–water partition coefficient (Wildman–Crippen LogP) is 5.10. The Labute approximate surface area is 105 Å². The zero-order valence-electron chi connectivity index (χ0n) is 13.0. The van der Waals surface area contributed by atoms with E-state index in [-0.39, 0.29) is 8.07 Å². The molecule has 0 aliphatic heterocycles. The van der Waals surface area contributed by atoms with Crippen LogP contribution in [-0.4, -0.2) is 27.1 Å². The zero-order valence-corrected chi connectivity index (χ0v) is 13.9. The van der Waals surface area contributed by atoms with Crippen molar-refractivity contribution in [3.05, 3.63) is 0 Å². The molecule has 0 unspecified atom stereocenters. The smallest absolute Gasteiger partial charge is 0.00806 e. The fourth-order valence-electron chi connectivity index (χ4n) is 2.76. The van der Waals surface area contributed by atoms with Crippen LogP contribution in [0.3, 0.4) is 0 Å². The maximum atomic E-state index is 2.73. The van der Waals surface area contributed by atoms with Gasteiger partial charge in [-0.2, -0.15) is 0 Å². The van der Waals surface area contributed by atoms with Gasteiger partial charge in [-0.05, 0) is 46.1 Å². The van der Waals surface area contributed by atoms with Crippen molar-refractivity contribution in [3.8, 4) is 0 Å². The zero-order chi connectivity index (χ0) is 13.3. The molecule has 16 heavy (non-hydrogen) atoms. The molecule has 0 aromatic rings. The molecule has 0 saturated heterocycles. The van der Waals surface area contributed by atoms with Crippen molar-refractivity contribution in [2.45, 2.75) is 91.6 Å². The molecular weight excluding hydrogens is 213 g/mol. The molecule has 0 fully saturated rings. The Bertz CT molecular complexity index is 186. The largest absolute Gasteiger partial charge is 0.276 e. The maximum absolute atomic E-state index is 2.73. The van der Waals surface area contributed by atoms with Gasteiger partial charge in [0.25, 0.3) is 0 Å².